The van der Waals surface area contributed by atoms with Gasteiger partial charge in [0.1, 0.15) is 5.75 Å². The molecule has 2 aliphatic rings. The maximum absolute atomic E-state index is 12.5. The molecule has 0 N–H and O–H groups in total. The molecule has 0 spiro atoms. The molecule has 112 valence electrons. The van der Waals surface area contributed by atoms with Crippen LogP contribution in [0.25, 0.3) is 0 Å². The van der Waals surface area contributed by atoms with E-state index in [-0.39, 0.29) is 11.8 Å². The highest BCUT2D eigenvalue weighted by atomic mass is 16.5. The minimum absolute atomic E-state index is 0.0148. The fraction of sp³-hybridized carbons (Fsp3) is 0.529. The number of carbonyl (C=O) groups excluding carboxylic acids is 2. The molecule has 2 unspecified atom stereocenters. The van der Waals surface area contributed by atoms with E-state index in [9.17, 15) is 9.59 Å². The molecule has 21 heavy (non-hydrogen) atoms. The van der Waals surface area contributed by atoms with E-state index in [1.54, 1.807) is 31.4 Å². The van der Waals surface area contributed by atoms with Gasteiger partial charge >= 0.3 is 0 Å². The lowest BCUT2D eigenvalue weighted by Gasteiger charge is -2.39. The van der Waals surface area contributed by atoms with Gasteiger partial charge in [0.05, 0.1) is 7.11 Å². The molecule has 2 fully saturated rings. The van der Waals surface area contributed by atoms with Crippen molar-refractivity contribution >= 4 is 11.8 Å². The van der Waals surface area contributed by atoms with E-state index >= 15 is 0 Å². The smallest absolute Gasteiger partial charge is 0.260 e. The average Bonchev–Trinajstić information content (AvgIpc) is 2.53. The Bertz CT molecular complexity index is 537. The lowest BCUT2D eigenvalue weighted by Crippen LogP contribution is -2.48. The Hall–Kier alpha value is -1.84. The van der Waals surface area contributed by atoms with Crippen LogP contribution in [0.4, 0.5) is 0 Å². The molecule has 0 radical (unpaired) electrons. The van der Waals surface area contributed by atoms with Gasteiger partial charge in [-0.2, -0.15) is 0 Å². The van der Waals surface area contributed by atoms with Crippen LogP contribution in [0.3, 0.4) is 0 Å². The van der Waals surface area contributed by atoms with Crippen LogP contribution in [-0.4, -0.2) is 30.4 Å². The van der Waals surface area contributed by atoms with Crippen molar-refractivity contribution in [3.05, 3.63) is 29.8 Å². The van der Waals surface area contributed by atoms with Gasteiger partial charge in [-0.25, -0.2) is 0 Å². The lowest BCUT2D eigenvalue weighted by atomic mass is 9.75. The van der Waals surface area contributed by atoms with E-state index in [0.717, 1.165) is 12.8 Å². The van der Waals surface area contributed by atoms with Gasteiger partial charge in [-0.05, 0) is 48.9 Å². The number of hydrogen-bond donors (Lipinski definition) is 0. The van der Waals surface area contributed by atoms with Gasteiger partial charge < -0.3 is 4.74 Å². The molecule has 2 amide bonds. The number of benzene rings is 1. The van der Waals surface area contributed by atoms with Crippen molar-refractivity contribution in [3.8, 4) is 5.75 Å². The Labute approximate surface area is 125 Å². The first-order chi connectivity index (χ1) is 10.2. The zero-order valence-corrected chi connectivity index (χ0v) is 12.4. The molecule has 1 heterocycles. The van der Waals surface area contributed by atoms with E-state index in [1.165, 1.54) is 17.7 Å². The summed E-state index contributed by atoms with van der Waals surface area (Å²) >= 11 is 0. The predicted molar refractivity (Wildman–Crippen MR) is 79.1 cm³/mol. The Kier molecular flexibility index (Phi) is 3.95. The summed E-state index contributed by atoms with van der Waals surface area (Å²) in [6, 6.07) is 6.96. The van der Waals surface area contributed by atoms with Crippen molar-refractivity contribution < 1.29 is 14.3 Å². The molecule has 0 bridgehead atoms. The molecule has 4 heteroatoms. The van der Waals surface area contributed by atoms with Crippen LogP contribution in [0.2, 0.25) is 0 Å². The summed E-state index contributed by atoms with van der Waals surface area (Å²) in [4.78, 5) is 26.3. The first kappa shape index (κ1) is 14.1. The van der Waals surface area contributed by atoms with E-state index in [2.05, 4.69) is 0 Å². The van der Waals surface area contributed by atoms with Crippen LogP contribution in [0, 0.1) is 11.8 Å². The number of fused-ring (bicyclic) bond motifs is 1. The second-order valence-corrected chi connectivity index (χ2v) is 6.05. The molecule has 3 rings (SSSR count). The summed E-state index contributed by atoms with van der Waals surface area (Å²) in [6.07, 6.45) is 5.26. The normalized spacial score (nSPS) is 25.4. The Morgan fingerprint density at radius 3 is 2.48 bits per heavy atom. The SMILES string of the molecule is COc1ccc(C(=O)N2CC3CCCCC3CC2=O)cc1. The zero-order valence-electron chi connectivity index (χ0n) is 12.4. The third-order valence-electron chi connectivity index (χ3n) is 4.80. The summed E-state index contributed by atoms with van der Waals surface area (Å²) in [6.45, 7) is 0.592. The van der Waals surface area contributed by atoms with E-state index < -0.39 is 0 Å². The summed E-state index contributed by atoms with van der Waals surface area (Å²) < 4.78 is 5.09. The molecule has 1 aliphatic heterocycles. The van der Waals surface area contributed by atoms with Crippen molar-refractivity contribution in [3.63, 3.8) is 0 Å². The quantitative estimate of drug-likeness (QED) is 0.786. The van der Waals surface area contributed by atoms with Crippen molar-refractivity contribution in [2.75, 3.05) is 13.7 Å². The maximum Gasteiger partial charge on any atom is 0.260 e. The molecular weight excluding hydrogens is 266 g/mol. The van der Waals surface area contributed by atoms with Crippen LogP contribution < -0.4 is 4.74 Å². The number of methoxy groups -OCH3 is 1. The summed E-state index contributed by atoms with van der Waals surface area (Å²) in [5.41, 5.74) is 0.554. The molecule has 1 saturated heterocycles. The van der Waals surface area contributed by atoms with Crippen LogP contribution in [0.15, 0.2) is 24.3 Å². The second kappa shape index (κ2) is 5.88. The van der Waals surface area contributed by atoms with Crippen LogP contribution in [-0.2, 0) is 4.79 Å². The lowest BCUT2D eigenvalue weighted by molar-refractivity contribution is -0.134. The van der Waals surface area contributed by atoms with Crippen molar-refractivity contribution in [1.29, 1.82) is 0 Å². The molecular formula is C17H21NO3. The Balaban J connectivity index is 1.75. The molecule has 4 nitrogen and oxygen atoms in total. The van der Waals surface area contributed by atoms with Crippen LogP contribution in [0.5, 0.6) is 5.75 Å². The first-order valence-corrected chi connectivity index (χ1v) is 7.68. The average molecular weight is 287 g/mol. The molecule has 1 aliphatic carbocycles. The summed E-state index contributed by atoms with van der Waals surface area (Å²) in [5, 5.41) is 0. The Morgan fingerprint density at radius 1 is 1.14 bits per heavy atom. The van der Waals surface area contributed by atoms with Gasteiger partial charge in [-0.15, -0.1) is 0 Å². The molecule has 0 aromatic heterocycles. The number of amides is 2. The number of rotatable bonds is 2. The monoisotopic (exact) mass is 287 g/mol. The molecule has 2 atom stereocenters. The van der Waals surface area contributed by atoms with Gasteiger partial charge in [-0.1, -0.05) is 12.8 Å². The van der Waals surface area contributed by atoms with Crippen molar-refractivity contribution in [2.45, 2.75) is 32.1 Å². The molecule has 1 saturated carbocycles. The largest absolute Gasteiger partial charge is 0.497 e. The minimum Gasteiger partial charge on any atom is -0.497 e. The van der Waals surface area contributed by atoms with Gasteiger partial charge in [0.2, 0.25) is 5.91 Å². The predicted octanol–water partition coefficient (Wildman–Crippen LogP) is 2.87. The van der Waals surface area contributed by atoms with Gasteiger partial charge in [-0.3, -0.25) is 14.5 Å². The van der Waals surface area contributed by atoms with Crippen LogP contribution in [0.1, 0.15) is 42.5 Å². The number of imide groups is 1. The van der Waals surface area contributed by atoms with Crippen LogP contribution >= 0.6 is 0 Å². The second-order valence-electron chi connectivity index (χ2n) is 6.05. The number of piperidine rings is 1. The summed E-state index contributed by atoms with van der Waals surface area (Å²) in [7, 11) is 1.59. The third-order valence-corrected chi connectivity index (χ3v) is 4.80. The highest BCUT2D eigenvalue weighted by Gasteiger charge is 2.38. The number of ether oxygens (including phenoxy) is 1. The minimum atomic E-state index is -0.174. The van der Waals surface area contributed by atoms with E-state index in [0.29, 0.717) is 36.1 Å². The third kappa shape index (κ3) is 2.80. The molecule has 1 aromatic rings. The van der Waals surface area contributed by atoms with E-state index in [4.69, 9.17) is 4.74 Å². The van der Waals surface area contributed by atoms with Gasteiger partial charge in [0, 0.05) is 18.5 Å². The zero-order chi connectivity index (χ0) is 14.8. The fourth-order valence-corrected chi connectivity index (χ4v) is 3.55. The van der Waals surface area contributed by atoms with Crippen molar-refractivity contribution in [1.82, 2.24) is 4.90 Å². The van der Waals surface area contributed by atoms with Gasteiger partial charge in [0.15, 0.2) is 0 Å². The highest BCUT2D eigenvalue weighted by Crippen LogP contribution is 2.37. The Morgan fingerprint density at radius 2 is 1.81 bits per heavy atom. The van der Waals surface area contributed by atoms with E-state index in [1.807, 2.05) is 0 Å². The number of hydrogen-bond acceptors (Lipinski definition) is 3. The number of nitrogens with zero attached hydrogens (tertiary/aromatic N) is 1. The standard InChI is InChI=1S/C17H21NO3/c1-21-15-8-6-12(7-9-15)17(20)18-11-14-5-3-2-4-13(14)10-16(18)19/h6-9,13-14H,2-5,10-11H2,1H3. The van der Waals surface area contributed by atoms with Gasteiger partial charge in [0.25, 0.3) is 5.91 Å². The maximum atomic E-state index is 12.5. The number of carbonyl (C=O) groups is 2. The summed E-state index contributed by atoms with van der Waals surface area (Å²) in [5.74, 6) is 1.51. The molecule has 1 aromatic carbocycles. The van der Waals surface area contributed by atoms with Crippen molar-refractivity contribution in [2.24, 2.45) is 11.8 Å². The fourth-order valence-electron chi connectivity index (χ4n) is 3.55. The first-order valence-electron chi connectivity index (χ1n) is 7.68. The highest BCUT2D eigenvalue weighted by molar-refractivity contribution is 6.05. The number of likely N-dealkylation sites (tertiary alicyclic amines) is 1. The topological polar surface area (TPSA) is 46.6 Å².